The van der Waals surface area contributed by atoms with E-state index in [1.54, 1.807) is 24.3 Å². The molecule has 2 N–H and O–H groups in total. The molecule has 6 heteroatoms. The summed E-state index contributed by atoms with van der Waals surface area (Å²) in [6.07, 6.45) is 0.500. The number of rotatable bonds is 6. The van der Waals surface area contributed by atoms with Crippen molar-refractivity contribution >= 4 is 14.2 Å². The quantitative estimate of drug-likeness (QED) is 0.585. The van der Waals surface area contributed by atoms with Crippen LogP contribution < -0.4 is 5.32 Å². The van der Waals surface area contributed by atoms with E-state index in [9.17, 15) is 9.36 Å². The standard InChI is InChI=1S/C10H12NO4P/c12-10(9-5-2-1-3-6-9)11-7-4-8-15-16(13)14/h1-3,5-6H,4,7-8H2,(H-,11,12,13,14)/p+1. The second kappa shape index (κ2) is 7.06. The first-order valence-electron chi connectivity index (χ1n) is 4.82. The summed E-state index contributed by atoms with van der Waals surface area (Å²) in [6, 6.07) is 8.85. The molecular weight excluding hydrogens is 229 g/mol. The van der Waals surface area contributed by atoms with Gasteiger partial charge in [-0.25, -0.2) is 0 Å². The van der Waals surface area contributed by atoms with Crippen LogP contribution in [0.1, 0.15) is 16.8 Å². The minimum atomic E-state index is -2.54. The number of hydrogen-bond donors (Lipinski definition) is 2. The Hall–Kier alpha value is -1.29. The van der Waals surface area contributed by atoms with Crippen molar-refractivity contribution in [3.05, 3.63) is 35.9 Å². The summed E-state index contributed by atoms with van der Waals surface area (Å²) in [4.78, 5) is 19.8. The molecule has 0 bridgehead atoms. The molecule has 0 radical (unpaired) electrons. The molecule has 0 fully saturated rings. The van der Waals surface area contributed by atoms with Crippen LogP contribution in [0.3, 0.4) is 0 Å². The smallest absolute Gasteiger partial charge is 0.352 e. The molecule has 1 aromatic rings. The van der Waals surface area contributed by atoms with Crippen molar-refractivity contribution in [1.82, 2.24) is 5.32 Å². The van der Waals surface area contributed by atoms with E-state index in [-0.39, 0.29) is 12.5 Å². The van der Waals surface area contributed by atoms with Gasteiger partial charge in [0.2, 0.25) is 0 Å². The molecule has 5 nitrogen and oxygen atoms in total. The van der Waals surface area contributed by atoms with Gasteiger partial charge >= 0.3 is 8.25 Å². The van der Waals surface area contributed by atoms with E-state index in [1.165, 1.54) is 0 Å². The molecule has 0 aliphatic carbocycles. The monoisotopic (exact) mass is 242 g/mol. The van der Waals surface area contributed by atoms with E-state index in [4.69, 9.17) is 4.89 Å². The summed E-state index contributed by atoms with van der Waals surface area (Å²) < 4.78 is 14.6. The van der Waals surface area contributed by atoms with E-state index in [0.717, 1.165) is 0 Å². The Morgan fingerprint density at radius 2 is 2.06 bits per heavy atom. The van der Waals surface area contributed by atoms with Crippen molar-refractivity contribution < 1.29 is 18.8 Å². The number of benzene rings is 1. The highest BCUT2D eigenvalue weighted by molar-refractivity contribution is 7.32. The molecule has 0 aliphatic rings. The van der Waals surface area contributed by atoms with Gasteiger partial charge in [-0.15, -0.1) is 9.42 Å². The third-order valence-electron chi connectivity index (χ3n) is 1.84. The number of carbonyl (C=O) groups excluding carboxylic acids is 1. The van der Waals surface area contributed by atoms with Gasteiger partial charge in [0.25, 0.3) is 5.91 Å². The van der Waals surface area contributed by atoms with Crippen LogP contribution in [0.5, 0.6) is 0 Å². The van der Waals surface area contributed by atoms with E-state index in [2.05, 4.69) is 9.84 Å². The lowest BCUT2D eigenvalue weighted by molar-refractivity contribution is 0.0951. The highest BCUT2D eigenvalue weighted by Crippen LogP contribution is 2.13. The van der Waals surface area contributed by atoms with Gasteiger partial charge < -0.3 is 5.32 Å². The molecule has 1 unspecified atom stereocenters. The SMILES string of the molecule is O=C(NCCCO[P+](=O)O)c1ccccc1. The minimum absolute atomic E-state index is 0.154. The summed E-state index contributed by atoms with van der Waals surface area (Å²) in [6.45, 7) is 0.567. The van der Waals surface area contributed by atoms with Crippen LogP contribution in [0.15, 0.2) is 30.3 Å². The Labute approximate surface area is 94.4 Å². The first kappa shape index (κ1) is 12.8. The molecule has 0 aliphatic heterocycles. The molecule has 1 aromatic carbocycles. The number of hydrogen-bond acceptors (Lipinski definition) is 3. The second-order valence-electron chi connectivity index (χ2n) is 3.05. The molecular formula is C10H13NO4P+. The van der Waals surface area contributed by atoms with Crippen LogP contribution >= 0.6 is 8.25 Å². The van der Waals surface area contributed by atoms with Gasteiger partial charge in [0.15, 0.2) is 0 Å². The molecule has 1 atom stereocenters. The van der Waals surface area contributed by atoms with Crippen LogP contribution in [0.4, 0.5) is 0 Å². The zero-order valence-corrected chi connectivity index (χ0v) is 9.52. The lowest BCUT2D eigenvalue weighted by Crippen LogP contribution is -2.24. The van der Waals surface area contributed by atoms with Gasteiger partial charge in [0.05, 0.1) is 0 Å². The second-order valence-corrected chi connectivity index (χ2v) is 3.78. The van der Waals surface area contributed by atoms with Crippen LogP contribution in [0, 0.1) is 0 Å². The molecule has 0 spiro atoms. The van der Waals surface area contributed by atoms with Gasteiger partial charge in [-0.05, 0) is 18.6 Å². The Bertz CT molecular complexity index is 355. The summed E-state index contributed by atoms with van der Waals surface area (Å²) in [7, 11) is -2.54. The summed E-state index contributed by atoms with van der Waals surface area (Å²) in [5.41, 5.74) is 0.594. The van der Waals surface area contributed by atoms with E-state index < -0.39 is 8.25 Å². The van der Waals surface area contributed by atoms with Crippen molar-refractivity contribution in [1.29, 1.82) is 0 Å². The van der Waals surface area contributed by atoms with Crippen LogP contribution in [-0.2, 0) is 9.09 Å². The van der Waals surface area contributed by atoms with Gasteiger partial charge in [0.1, 0.15) is 6.61 Å². The summed E-state index contributed by atoms with van der Waals surface area (Å²) >= 11 is 0. The largest absolute Gasteiger partial charge is 0.694 e. The number of carbonyl (C=O) groups is 1. The molecule has 16 heavy (non-hydrogen) atoms. The average Bonchev–Trinajstić information content (AvgIpc) is 2.29. The predicted octanol–water partition coefficient (Wildman–Crippen LogP) is 1.47. The Kier molecular flexibility index (Phi) is 5.64. The van der Waals surface area contributed by atoms with Crippen molar-refractivity contribution in [3.63, 3.8) is 0 Å². The lowest BCUT2D eigenvalue weighted by Gasteiger charge is -2.02. The average molecular weight is 242 g/mol. The zero-order valence-electron chi connectivity index (χ0n) is 8.63. The van der Waals surface area contributed by atoms with Gasteiger partial charge in [-0.2, -0.15) is 0 Å². The Morgan fingerprint density at radius 1 is 1.38 bits per heavy atom. The molecule has 0 aromatic heterocycles. The van der Waals surface area contributed by atoms with Crippen LogP contribution in [0.25, 0.3) is 0 Å². The van der Waals surface area contributed by atoms with Gasteiger partial charge in [-0.1, -0.05) is 18.2 Å². The van der Waals surface area contributed by atoms with Crippen molar-refractivity contribution in [2.45, 2.75) is 6.42 Å². The topological polar surface area (TPSA) is 75.6 Å². The van der Waals surface area contributed by atoms with Gasteiger partial charge in [0, 0.05) is 16.7 Å². The molecule has 1 rings (SSSR count). The maximum Gasteiger partial charge on any atom is 0.694 e. The molecule has 0 saturated carbocycles. The third kappa shape index (κ3) is 4.98. The Balaban J connectivity index is 2.19. The normalized spacial score (nSPS) is 10.9. The zero-order chi connectivity index (χ0) is 11.8. The lowest BCUT2D eigenvalue weighted by atomic mass is 10.2. The van der Waals surface area contributed by atoms with E-state index in [1.807, 2.05) is 6.07 Å². The highest BCUT2D eigenvalue weighted by Gasteiger charge is 2.10. The fourth-order valence-corrected chi connectivity index (χ4v) is 1.39. The summed E-state index contributed by atoms with van der Waals surface area (Å²) in [5.74, 6) is -0.158. The maximum absolute atomic E-state index is 11.5. The van der Waals surface area contributed by atoms with Crippen molar-refractivity contribution in [2.24, 2.45) is 0 Å². The van der Waals surface area contributed by atoms with Crippen LogP contribution in [-0.4, -0.2) is 24.0 Å². The number of amides is 1. The van der Waals surface area contributed by atoms with Crippen molar-refractivity contribution in [3.8, 4) is 0 Å². The number of nitrogens with one attached hydrogen (secondary N) is 1. The van der Waals surface area contributed by atoms with E-state index in [0.29, 0.717) is 18.5 Å². The molecule has 0 saturated heterocycles. The predicted molar refractivity (Wildman–Crippen MR) is 59.2 cm³/mol. The minimum Gasteiger partial charge on any atom is -0.352 e. The van der Waals surface area contributed by atoms with Gasteiger partial charge in [-0.3, -0.25) is 4.79 Å². The first-order valence-corrected chi connectivity index (χ1v) is 5.95. The maximum atomic E-state index is 11.5. The molecule has 86 valence electrons. The van der Waals surface area contributed by atoms with E-state index >= 15 is 0 Å². The Morgan fingerprint density at radius 3 is 2.69 bits per heavy atom. The highest BCUT2D eigenvalue weighted by atomic mass is 31.1. The third-order valence-corrected chi connectivity index (χ3v) is 2.25. The fourth-order valence-electron chi connectivity index (χ4n) is 1.11. The molecule has 0 heterocycles. The summed E-state index contributed by atoms with van der Waals surface area (Å²) in [5, 5.41) is 2.68. The first-order chi connectivity index (χ1) is 7.70. The van der Waals surface area contributed by atoms with Crippen LogP contribution in [0.2, 0.25) is 0 Å². The fraction of sp³-hybridized carbons (Fsp3) is 0.300. The molecule has 1 amide bonds. The van der Waals surface area contributed by atoms with Crippen molar-refractivity contribution in [2.75, 3.05) is 13.2 Å².